The van der Waals surface area contributed by atoms with Crippen molar-refractivity contribution in [2.24, 2.45) is 0 Å². The Balaban J connectivity index is 1.50. The van der Waals surface area contributed by atoms with Gasteiger partial charge in [-0.3, -0.25) is 9.20 Å². The second-order valence-electron chi connectivity index (χ2n) is 6.50. The van der Waals surface area contributed by atoms with Crippen molar-refractivity contribution in [1.82, 2.24) is 19.9 Å². The predicted molar refractivity (Wildman–Crippen MR) is 113 cm³/mol. The average molecular weight is 388 g/mol. The van der Waals surface area contributed by atoms with Crippen molar-refractivity contribution in [1.29, 1.82) is 0 Å². The van der Waals surface area contributed by atoms with Crippen LogP contribution in [-0.2, 0) is 11.2 Å². The Kier molecular flexibility index (Phi) is 5.30. The molecule has 0 saturated carbocycles. The molecule has 3 aromatic heterocycles. The van der Waals surface area contributed by atoms with E-state index in [1.165, 1.54) is 5.56 Å². The zero-order chi connectivity index (χ0) is 19.3. The van der Waals surface area contributed by atoms with E-state index in [0.29, 0.717) is 18.5 Å². The van der Waals surface area contributed by atoms with Crippen LogP contribution in [0, 0.1) is 6.92 Å². The summed E-state index contributed by atoms with van der Waals surface area (Å²) in [4.78, 5) is 13.9. The largest absolute Gasteiger partial charge is 0.352 e. The highest BCUT2D eigenvalue weighted by Crippen LogP contribution is 2.23. The van der Waals surface area contributed by atoms with Gasteiger partial charge in [0.1, 0.15) is 5.82 Å². The molecule has 3 heterocycles. The van der Waals surface area contributed by atoms with Gasteiger partial charge in [0.25, 0.3) is 5.91 Å². The summed E-state index contributed by atoms with van der Waals surface area (Å²) < 4.78 is 1.94. The van der Waals surface area contributed by atoms with Gasteiger partial charge in [-0.25, -0.2) is 0 Å². The Hall–Kier alpha value is -3.25. The molecular weight excluding hydrogens is 368 g/mol. The van der Waals surface area contributed by atoms with Gasteiger partial charge < -0.3 is 5.32 Å². The number of aromatic nitrogens is 3. The van der Waals surface area contributed by atoms with Crippen molar-refractivity contribution < 1.29 is 4.79 Å². The molecule has 0 atom stereocenters. The number of nitrogens with one attached hydrogen (secondary N) is 1. The highest BCUT2D eigenvalue weighted by Gasteiger charge is 2.14. The second-order valence-corrected chi connectivity index (χ2v) is 7.45. The summed E-state index contributed by atoms with van der Waals surface area (Å²) in [6.45, 7) is 2.54. The highest BCUT2D eigenvalue weighted by molar-refractivity contribution is 7.11. The maximum absolute atomic E-state index is 12.9. The quantitative estimate of drug-likeness (QED) is 0.508. The zero-order valence-corrected chi connectivity index (χ0v) is 16.3. The summed E-state index contributed by atoms with van der Waals surface area (Å²) in [5, 5.41) is 13.4. The van der Waals surface area contributed by atoms with Crippen molar-refractivity contribution in [2.75, 3.05) is 6.54 Å². The number of amides is 1. The molecule has 1 aromatic carbocycles. The van der Waals surface area contributed by atoms with Gasteiger partial charge in [-0.2, -0.15) is 0 Å². The molecule has 0 saturated heterocycles. The van der Waals surface area contributed by atoms with Gasteiger partial charge in [0.2, 0.25) is 0 Å². The second kappa shape index (κ2) is 8.19. The first-order valence-electron chi connectivity index (χ1n) is 9.10. The number of aryl methyl sites for hydroxylation is 1. The standard InChI is InChI=1S/C22H20N4OS/c1-16-6-4-7-17(14-16)15-18(19-8-5-13-28-19)22(27)23-11-10-21-25-24-20-9-2-3-12-26(20)21/h2-9,12-15H,10-11H2,1H3,(H,23,27). The highest BCUT2D eigenvalue weighted by atomic mass is 32.1. The molecule has 1 amide bonds. The molecule has 0 aliphatic carbocycles. The van der Waals surface area contributed by atoms with Gasteiger partial charge in [0, 0.05) is 24.0 Å². The molecule has 0 fully saturated rings. The third-order valence-electron chi connectivity index (χ3n) is 4.40. The van der Waals surface area contributed by atoms with Crippen molar-refractivity contribution in [3.8, 4) is 0 Å². The van der Waals surface area contributed by atoms with Crippen LogP contribution in [0.2, 0.25) is 0 Å². The van der Waals surface area contributed by atoms with E-state index < -0.39 is 0 Å². The smallest absolute Gasteiger partial charge is 0.252 e. The number of fused-ring (bicyclic) bond motifs is 1. The first-order chi connectivity index (χ1) is 13.7. The average Bonchev–Trinajstić information content (AvgIpc) is 3.36. The van der Waals surface area contributed by atoms with Crippen LogP contribution in [0.5, 0.6) is 0 Å². The molecule has 0 bridgehead atoms. The van der Waals surface area contributed by atoms with Gasteiger partial charge >= 0.3 is 0 Å². The molecule has 4 rings (SSSR count). The fraction of sp³-hybridized carbons (Fsp3) is 0.136. The van der Waals surface area contributed by atoms with Gasteiger partial charge in [-0.15, -0.1) is 21.5 Å². The number of hydrogen-bond acceptors (Lipinski definition) is 4. The van der Waals surface area contributed by atoms with E-state index in [4.69, 9.17) is 0 Å². The lowest BCUT2D eigenvalue weighted by Crippen LogP contribution is -2.26. The Labute approximate surface area is 167 Å². The Morgan fingerprint density at radius 3 is 2.89 bits per heavy atom. The summed E-state index contributed by atoms with van der Waals surface area (Å²) in [7, 11) is 0. The van der Waals surface area contributed by atoms with Gasteiger partial charge in [0.05, 0.1) is 5.57 Å². The number of carbonyl (C=O) groups is 1. The van der Waals surface area contributed by atoms with Crippen LogP contribution in [0.3, 0.4) is 0 Å². The molecule has 28 heavy (non-hydrogen) atoms. The number of thiophene rings is 1. The van der Waals surface area contributed by atoms with Crippen LogP contribution < -0.4 is 5.32 Å². The molecule has 0 radical (unpaired) electrons. The molecule has 0 unspecified atom stereocenters. The van der Waals surface area contributed by atoms with Crippen LogP contribution in [0.4, 0.5) is 0 Å². The maximum Gasteiger partial charge on any atom is 0.252 e. The molecule has 0 spiro atoms. The summed E-state index contributed by atoms with van der Waals surface area (Å²) in [6.07, 6.45) is 4.49. The third-order valence-corrected chi connectivity index (χ3v) is 5.31. The molecule has 4 aromatic rings. The number of carbonyl (C=O) groups excluding carboxylic acids is 1. The summed E-state index contributed by atoms with van der Waals surface area (Å²) >= 11 is 1.56. The molecule has 0 aliphatic heterocycles. The molecule has 1 N–H and O–H groups in total. The fourth-order valence-electron chi connectivity index (χ4n) is 3.05. The summed E-state index contributed by atoms with van der Waals surface area (Å²) in [6, 6.07) is 17.8. The van der Waals surface area contributed by atoms with Crippen molar-refractivity contribution in [3.63, 3.8) is 0 Å². The first-order valence-corrected chi connectivity index (χ1v) is 9.98. The number of rotatable bonds is 6. The lowest BCUT2D eigenvalue weighted by atomic mass is 10.1. The van der Waals surface area contributed by atoms with E-state index in [1.807, 2.05) is 77.5 Å². The van der Waals surface area contributed by atoms with Crippen LogP contribution >= 0.6 is 11.3 Å². The van der Waals surface area contributed by atoms with Gasteiger partial charge in [0.15, 0.2) is 5.65 Å². The van der Waals surface area contributed by atoms with E-state index >= 15 is 0 Å². The monoisotopic (exact) mass is 388 g/mol. The van der Waals surface area contributed by atoms with E-state index in [2.05, 4.69) is 21.6 Å². The van der Waals surface area contributed by atoms with Crippen molar-refractivity contribution in [2.45, 2.75) is 13.3 Å². The minimum atomic E-state index is -0.0854. The minimum absolute atomic E-state index is 0.0854. The summed E-state index contributed by atoms with van der Waals surface area (Å²) in [5.74, 6) is 0.744. The normalized spacial score (nSPS) is 11.7. The van der Waals surface area contributed by atoms with Crippen molar-refractivity contribution >= 4 is 34.5 Å². The minimum Gasteiger partial charge on any atom is -0.352 e. The topological polar surface area (TPSA) is 59.3 Å². The van der Waals surface area contributed by atoms with Crippen LogP contribution in [0.1, 0.15) is 21.8 Å². The Bertz CT molecular complexity index is 1130. The predicted octanol–water partition coefficient (Wildman–Crippen LogP) is 4.00. The third kappa shape index (κ3) is 4.02. The molecule has 140 valence electrons. The van der Waals surface area contributed by atoms with Crippen LogP contribution in [0.15, 0.2) is 66.2 Å². The molecule has 6 heteroatoms. The maximum atomic E-state index is 12.9. The van der Waals surface area contributed by atoms with E-state index in [0.717, 1.165) is 21.9 Å². The molecule has 5 nitrogen and oxygen atoms in total. The van der Waals surface area contributed by atoms with Gasteiger partial charge in [-0.05, 0) is 42.1 Å². The fourth-order valence-corrected chi connectivity index (χ4v) is 3.79. The summed E-state index contributed by atoms with van der Waals surface area (Å²) in [5.41, 5.74) is 3.66. The Morgan fingerprint density at radius 2 is 2.07 bits per heavy atom. The van der Waals surface area contributed by atoms with E-state index in [1.54, 1.807) is 11.3 Å². The lowest BCUT2D eigenvalue weighted by Gasteiger charge is -2.08. The van der Waals surface area contributed by atoms with Crippen LogP contribution in [-0.4, -0.2) is 27.0 Å². The lowest BCUT2D eigenvalue weighted by molar-refractivity contribution is -0.115. The zero-order valence-electron chi connectivity index (χ0n) is 15.5. The number of pyridine rings is 1. The van der Waals surface area contributed by atoms with Crippen molar-refractivity contribution in [3.05, 3.63) is 88.0 Å². The molecule has 0 aliphatic rings. The first kappa shape index (κ1) is 18.1. The van der Waals surface area contributed by atoms with Crippen LogP contribution in [0.25, 0.3) is 17.3 Å². The van der Waals surface area contributed by atoms with Gasteiger partial charge in [-0.1, -0.05) is 42.0 Å². The van der Waals surface area contributed by atoms with E-state index in [-0.39, 0.29) is 5.91 Å². The van der Waals surface area contributed by atoms with E-state index in [9.17, 15) is 4.79 Å². The number of benzene rings is 1. The number of hydrogen-bond donors (Lipinski definition) is 1. The number of nitrogens with zero attached hydrogens (tertiary/aromatic N) is 3. The Morgan fingerprint density at radius 1 is 1.14 bits per heavy atom. The SMILES string of the molecule is Cc1cccc(C=C(C(=O)NCCc2nnc3ccccn23)c2cccs2)c1. The molecular formula is C22H20N4OS.